The van der Waals surface area contributed by atoms with Crippen LogP contribution in [0.15, 0.2) is 47.6 Å². The molecule has 0 saturated carbocycles. The van der Waals surface area contributed by atoms with Crippen molar-refractivity contribution in [3.63, 3.8) is 0 Å². The number of amides is 1. The first-order valence-corrected chi connectivity index (χ1v) is 9.53. The van der Waals surface area contributed by atoms with Gasteiger partial charge >= 0.3 is 0 Å². The molecular weight excluding hydrogens is 412 g/mol. The number of tetrazole rings is 1. The number of carbonyl (C=O) groups excluding carboxylic acids is 1. The monoisotopic (exact) mass is 430 g/mol. The maximum Gasteiger partial charge on any atom is 0.271 e. The fourth-order valence-electron chi connectivity index (χ4n) is 2.49. The zero-order valence-electron chi connectivity index (χ0n) is 16.3. The molecule has 0 radical (unpaired) electrons. The van der Waals surface area contributed by atoms with E-state index in [2.05, 4.69) is 20.8 Å². The quantitative estimate of drug-likeness (QED) is 0.325. The van der Waals surface area contributed by atoms with E-state index in [1.165, 1.54) is 30.0 Å². The minimum atomic E-state index is -0.600. The molecule has 1 aromatic heterocycles. The van der Waals surface area contributed by atoms with Gasteiger partial charge in [-0.05, 0) is 47.7 Å². The van der Waals surface area contributed by atoms with Gasteiger partial charge < -0.3 is 14.8 Å². The topological polar surface area (TPSA) is 134 Å². The summed E-state index contributed by atoms with van der Waals surface area (Å²) in [5, 5.41) is 25.1. The minimum Gasteiger partial charge on any atom is -0.497 e. The first-order chi connectivity index (χ1) is 14.4. The Morgan fingerprint density at radius 2 is 1.93 bits per heavy atom. The van der Waals surface area contributed by atoms with Crippen LogP contribution >= 0.6 is 11.8 Å². The van der Waals surface area contributed by atoms with Gasteiger partial charge in [0.1, 0.15) is 11.5 Å². The zero-order valence-corrected chi connectivity index (χ0v) is 17.1. The molecule has 156 valence electrons. The highest BCUT2D eigenvalue weighted by Gasteiger charge is 2.21. The van der Waals surface area contributed by atoms with E-state index in [1.807, 2.05) is 0 Å². The molecule has 1 atom stereocenters. The van der Waals surface area contributed by atoms with Gasteiger partial charge in [-0.1, -0.05) is 11.8 Å². The lowest BCUT2D eigenvalue weighted by atomic mass is 10.2. The van der Waals surface area contributed by atoms with Crippen LogP contribution in [-0.2, 0) is 4.79 Å². The van der Waals surface area contributed by atoms with Crippen molar-refractivity contribution >= 4 is 29.0 Å². The lowest BCUT2D eigenvalue weighted by Crippen LogP contribution is -2.23. The number of anilines is 1. The standard InChI is InChI=1S/C18H18N6O5S/c1-11(17(25)19-15-10-13(24(26)27)6-9-16(15)29-3)30-18-20-21-22-23(18)12-4-7-14(28-2)8-5-12/h4-11H,1-3H3,(H,19,25). The Kier molecular flexibility index (Phi) is 6.47. The predicted molar refractivity (Wildman–Crippen MR) is 109 cm³/mol. The number of nitro benzene ring substituents is 1. The average molecular weight is 430 g/mol. The number of nitro groups is 1. The molecule has 3 aromatic rings. The van der Waals surface area contributed by atoms with Crippen molar-refractivity contribution < 1.29 is 19.2 Å². The van der Waals surface area contributed by atoms with E-state index in [0.29, 0.717) is 22.3 Å². The summed E-state index contributed by atoms with van der Waals surface area (Å²) >= 11 is 1.14. The maximum absolute atomic E-state index is 12.7. The third-order valence-corrected chi connectivity index (χ3v) is 5.09. The SMILES string of the molecule is COc1ccc(-n2nnnc2SC(C)C(=O)Nc2cc([N+](=O)[O-])ccc2OC)cc1. The van der Waals surface area contributed by atoms with Crippen LogP contribution in [-0.4, -0.2) is 50.5 Å². The Hall–Kier alpha value is -3.67. The van der Waals surface area contributed by atoms with Crippen molar-refractivity contribution in [2.75, 3.05) is 19.5 Å². The van der Waals surface area contributed by atoms with Crippen molar-refractivity contribution in [1.82, 2.24) is 20.2 Å². The van der Waals surface area contributed by atoms with Gasteiger partial charge in [-0.2, -0.15) is 4.68 Å². The summed E-state index contributed by atoms with van der Waals surface area (Å²) in [6, 6.07) is 11.1. The minimum absolute atomic E-state index is 0.158. The normalized spacial score (nSPS) is 11.6. The average Bonchev–Trinajstić information content (AvgIpc) is 3.21. The molecule has 30 heavy (non-hydrogen) atoms. The van der Waals surface area contributed by atoms with Gasteiger partial charge in [0.15, 0.2) is 0 Å². The van der Waals surface area contributed by atoms with E-state index < -0.39 is 10.2 Å². The van der Waals surface area contributed by atoms with Crippen LogP contribution in [0.2, 0.25) is 0 Å². The number of carbonyl (C=O) groups is 1. The first-order valence-electron chi connectivity index (χ1n) is 8.65. The first kappa shape index (κ1) is 21.0. The summed E-state index contributed by atoms with van der Waals surface area (Å²) in [7, 11) is 2.99. The Labute approximate surface area is 175 Å². The van der Waals surface area contributed by atoms with Gasteiger partial charge in [0.05, 0.1) is 35.8 Å². The number of aromatic nitrogens is 4. The van der Waals surface area contributed by atoms with E-state index in [9.17, 15) is 14.9 Å². The lowest BCUT2D eigenvalue weighted by Gasteiger charge is -2.14. The van der Waals surface area contributed by atoms with Gasteiger partial charge in [-0.3, -0.25) is 14.9 Å². The van der Waals surface area contributed by atoms with Gasteiger partial charge in [0, 0.05) is 12.1 Å². The van der Waals surface area contributed by atoms with Crippen LogP contribution in [0, 0.1) is 10.1 Å². The largest absolute Gasteiger partial charge is 0.497 e. The summed E-state index contributed by atoms with van der Waals surface area (Å²) in [6.45, 7) is 1.68. The van der Waals surface area contributed by atoms with Crippen LogP contribution in [0.5, 0.6) is 11.5 Å². The van der Waals surface area contributed by atoms with E-state index >= 15 is 0 Å². The second kappa shape index (κ2) is 9.22. The number of ether oxygens (including phenoxy) is 2. The predicted octanol–water partition coefficient (Wildman–Crippen LogP) is 2.71. The fraction of sp³-hybridized carbons (Fsp3) is 0.222. The molecule has 0 aliphatic rings. The van der Waals surface area contributed by atoms with Crippen LogP contribution in [0.3, 0.4) is 0 Å². The number of hydrogen-bond donors (Lipinski definition) is 1. The molecule has 0 aliphatic carbocycles. The van der Waals surface area contributed by atoms with Crippen LogP contribution in [0.4, 0.5) is 11.4 Å². The smallest absolute Gasteiger partial charge is 0.271 e. The molecule has 1 unspecified atom stereocenters. The molecule has 1 amide bonds. The number of rotatable bonds is 8. The number of thioether (sulfide) groups is 1. The third-order valence-electron chi connectivity index (χ3n) is 4.06. The lowest BCUT2D eigenvalue weighted by molar-refractivity contribution is -0.384. The third kappa shape index (κ3) is 4.66. The Morgan fingerprint density at radius 1 is 1.20 bits per heavy atom. The molecular formula is C18H18N6O5S. The molecule has 0 bridgehead atoms. The summed E-state index contributed by atoms with van der Waals surface area (Å²) in [5.74, 6) is 0.622. The molecule has 0 spiro atoms. The summed E-state index contributed by atoms with van der Waals surface area (Å²) in [4.78, 5) is 23.1. The second-order valence-corrected chi connectivity index (χ2v) is 7.27. The highest BCUT2D eigenvalue weighted by atomic mass is 32.2. The van der Waals surface area contributed by atoms with Crippen molar-refractivity contribution in [3.8, 4) is 17.2 Å². The van der Waals surface area contributed by atoms with Crippen LogP contribution in [0.1, 0.15) is 6.92 Å². The molecule has 1 heterocycles. The van der Waals surface area contributed by atoms with E-state index in [0.717, 1.165) is 11.8 Å². The molecule has 0 fully saturated rings. The number of methoxy groups -OCH3 is 2. The van der Waals surface area contributed by atoms with E-state index in [1.54, 1.807) is 38.3 Å². The number of nitrogens with one attached hydrogen (secondary N) is 1. The van der Waals surface area contributed by atoms with Crippen LogP contribution < -0.4 is 14.8 Å². The molecule has 12 heteroatoms. The van der Waals surface area contributed by atoms with Crippen molar-refractivity contribution in [2.45, 2.75) is 17.3 Å². The number of non-ortho nitro benzene ring substituents is 1. The molecule has 1 N–H and O–H groups in total. The number of benzene rings is 2. The number of hydrogen-bond acceptors (Lipinski definition) is 9. The molecule has 2 aromatic carbocycles. The van der Waals surface area contributed by atoms with Gasteiger partial charge in [0.25, 0.3) is 5.69 Å². The molecule has 3 rings (SSSR count). The van der Waals surface area contributed by atoms with Gasteiger partial charge in [-0.25, -0.2) is 0 Å². The highest BCUT2D eigenvalue weighted by Crippen LogP contribution is 2.30. The van der Waals surface area contributed by atoms with Gasteiger partial charge in [0.2, 0.25) is 11.1 Å². The Bertz CT molecular complexity index is 1060. The van der Waals surface area contributed by atoms with Crippen molar-refractivity contribution in [3.05, 3.63) is 52.6 Å². The molecule has 0 saturated heterocycles. The summed E-state index contributed by atoms with van der Waals surface area (Å²) in [5.41, 5.74) is 0.755. The zero-order chi connectivity index (χ0) is 21.7. The van der Waals surface area contributed by atoms with Crippen molar-refractivity contribution in [2.24, 2.45) is 0 Å². The Morgan fingerprint density at radius 3 is 2.57 bits per heavy atom. The van der Waals surface area contributed by atoms with Crippen LogP contribution in [0.25, 0.3) is 5.69 Å². The molecule has 11 nitrogen and oxygen atoms in total. The second-order valence-electron chi connectivity index (χ2n) is 5.96. The van der Waals surface area contributed by atoms with E-state index in [-0.39, 0.29) is 17.3 Å². The Balaban J connectivity index is 1.75. The summed E-state index contributed by atoms with van der Waals surface area (Å²) < 4.78 is 11.8. The van der Waals surface area contributed by atoms with E-state index in [4.69, 9.17) is 9.47 Å². The van der Waals surface area contributed by atoms with Gasteiger partial charge in [-0.15, -0.1) is 5.10 Å². The van der Waals surface area contributed by atoms with Crippen molar-refractivity contribution in [1.29, 1.82) is 0 Å². The maximum atomic E-state index is 12.7. The summed E-state index contributed by atoms with van der Waals surface area (Å²) in [6.07, 6.45) is 0. The fourth-order valence-corrected chi connectivity index (χ4v) is 3.30. The highest BCUT2D eigenvalue weighted by molar-refractivity contribution is 8.00. The number of nitrogens with zero attached hydrogens (tertiary/aromatic N) is 5. The molecule has 0 aliphatic heterocycles.